The molecule has 0 aliphatic carbocycles. The Bertz CT molecular complexity index is 61.5. The quantitative estimate of drug-likeness (QED) is 0.309. The number of ether oxygens (including phenoxy) is 1. The number of allylic oxidation sites excluding steroid dienone is 1. The zero-order valence-corrected chi connectivity index (χ0v) is 7.22. The van der Waals surface area contributed by atoms with Crippen LogP contribution in [-0.4, -0.2) is 11.5 Å². The lowest BCUT2D eigenvalue weighted by Crippen LogP contribution is -1.70. The fourth-order valence-electron chi connectivity index (χ4n) is 0.359. The molecular weight excluding hydrogens is 215 g/mol. The SMILES string of the molecule is CO/C=C/CCCI. The van der Waals surface area contributed by atoms with Gasteiger partial charge < -0.3 is 4.74 Å². The Labute approximate surface area is 64.2 Å². The van der Waals surface area contributed by atoms with Gasteiger partial charge in [-0.3, -0.25) is 0 Å². The molecule has 0 aliphatic heterocycles. The summed E-state index contributed by atoms with van der Waals surface area (Å²) in [6.07, 6.45) is 6.15. The summed E-state index contributed by atoms with van der Waals surface area (Å²) < 4.78 is 5.93. The molecule has 0 N–H and O–H groups in total. The first-order valence-electron chi connectivity index (χ1n) is 2.65. The fraction of sp³-hybridized carbons (Fsp3) is 0.667. The van der Waals surface area contributed by atoms with Crippen LogP contribution in [0, 0.1) is 0 Å². The van der Waals surface area contributed by atoms with E-state index in [1.165, 1.54) is 10.8 Å². The lowest BCUT2D eigenvalue weighted by atomic mass is 10.3. The van der Waals surface area contributed by atoms with Crippen LogP contribution in [0.1, 0.15) is 12.8 Å². The van der Waals surface area contributed by atoms with Gasteiger partial charge in [0.05, 0.1) is 13.4 Å². The van der Waals surface area contributed by atoms with E-state index in [1.54, 1.807) is 13.4 Å². The van der Waals surface area contributed by atoms with Crippen molar-refractivity contribution >= 4 is 22.6 Å². The first-order chi connectivity index (χ1) is 3.91. The topological polar surface area (TPSA) is 9.23 Å². The van der Waals surface area contributed by atoms with E-state index in [-0.39, 0.29) is 0 Å². The predicted octanol–water partition coefficient (Wildman–Crippen LogP) is 2.36. The van der Waals surface area contributed by atoms with Crippen LogP contribution in [0.4, 0.5) is 0 Å². The highest BCUT2D eigenvalue weighted by atomic mass is 127. The third-order valence-electron chi connectivity index (χ3n) is 0.737. The molecule has 1 nitrogen and oxygen atoms in total. The van der Waals surface area contributed by atoms with Gasteiger partial charge in [-0.2, -0.15) is 0 Å². The molecule has 0 rings (SSSR count). The molecule has 0 unspecified atom stereocenters. The van der Waals surface area contributed by atoms with Gasteiger partial charge in [0.25, 0.3) is 0 Å². The number of hydrogen-bond donors (Lipinski definition) is 0. The Hall–Kier alpha value is 0.270. The van der Waals surface area contributed by atoms with Gasteiger partial charge in [0.2, 0.25) is 0 Å². The summed E-state index contributed by atoms with van der Waals surface area (Å²) in [4.78, 5) is 0. The van der Waals surface area contributed by atoms with Crippen molar-refractivity contribution < 1.29 is 4.74 Å². The van der Waals surface area contributed by atoms with Crippen molar-refractivity contribution in [1.29, 1.82) is 0 Å². The molecule has 0 heterocycles. The van der Waals surface area contributed by atoms with Gasteiger partial charge in [-0.1, -0.05) is 22.6 Å². The maximum absolute atomic E-state index is 4.71. The first kappa shape index (κ1) is 8.27. The minimum Gasteiger partial charge on any atom is -0.505 e. The Kier molecular flexibility index (Phi) is 7.52. The molecule has 0 aromatic rings. The van der Waals surface area contributed by atoms with Gasteiger partial charge in [0.1, 0.15) is 0 Å². The second kappa shape index (κ2) is 7.27. The van der Waals surface area contributed by atoms with Gasteiger partial charge in [0.15, 0.2) is 0 Å². The third-order valence-corrected chi connectivity index (χ3v) is 1.50. The minimum absolute atomic E-state index is 1.14. The van der Waals surface area contributed by atoms with E-state index in [9.17, 15) is 0 Å². The molecule has 48 valence electrons. The highest BCUT2D eigenvalue weighted by Crippen LogP contribution is 1.94. The van der Waals surface area contributed by atoms with E-state index < -0.39 is 0 Å². The Balaban J connectivity index is 2.80. The molecule has 0 aliphatic rings. The lowest BCUT2D eigenvalue weighted by molar-refractivity contribution is 0.336. The molecule has 0 saturated heterocycles. The Morgan fingerprint density at radius 3 is 2.88 bits per heavy atom. The van der Waals surface area contributed by atoms with E-state index in [0.717, 1.165) is 6.42 Å². The van der Waals surface area contributed by atoms with Crippen LogP contribution in [0.3, 0.4) is 0 Å². The maximum Gasteiger partial charge on any atom is 0.0784 e. The highest BCUT2D eigenvalue weighted by molar-refractivity contribution is 14.1. The molecule has 0 spiro atoms. The van der Waals surface area contributed by atoms with Crippen LogP contribution in [0.5, 0.6) is 0 Å². The van der Waals surface area contributed by atoms with Crippen molar-refractivity contribution in [3.8, 4) is 0 Å². The number of rotatable bonds is 4. The number of methoxy groups -OCH3 is 1. The lowest BCUT2D eigenvalue weighted by Gasteiger charge is -1.86. The fourth-order valence-corrected chi connectivity index (χ4v) is 0.800. The molecule has 0 radical (unpaired) electrons. The molecule has 0 saturated carbocycles. The van der Waals surface area contributed by atoms with Crippen molar-refractivity contribution in [2.45, 2.75) is 12.8 Å². The molecule has 0 aromatic heterocycles. The van der Waals surface area contributed by atoms with E-state index in [2.05, 4.69) is 22.6 Å². The van der Waals surface area contributed by atoms with E-state index in [0.29, 0.717) is 0 Å². The standard InChI is InChI=1S/C6H11IO/c1-8-6-4-2-3-5-7/h4,6H,2-3,5H2,1H3/b6-4+. The summed E-state index contributed by atoms with van der Waals surface area (Å²) in [6, 6.07) is 0. The molecule has 0 amide bonds. The zero-order chi connectivity index (χ0) is 6.24. The largest absolute Gasteiger partial charge is 0.505 e. The molecular formula is C6H11IO. The van der Waals surface area contributed by atoms with Crippen LogP contribution < -0.4 is 0 Å². The maximum atomic E-state index is 4.71. The molecule has 0 atom stereocenters. The van der Waals surface area contributed by atoms with Gasteiger partial charge in [-0.25, -0.2) is 0 Å². The summed E-state index contributed by atoms with van der Waals surface area (Å²) >= 11 is 2.36. The van der Waals surface area contributed by atoms with Gasteiger partial charge in [-0.05, 0) is 23.3 Å². The molecule has 0 aromatic carbocycles. The van der Waals surface area contributed by atoms with Crippen molar-refractivity contribution in [1.82, 2.24) is 0 Å². The van der Waals surface area contributed by atoms with Crippen molar-refractivity contribution in [3.63, 3.8) is 0 Å². The van der Waals surface area contributed by atoms with Crippen LogP contribution >= 0.6 is 22.6 Å². The molecule has 2 heteroatoms. The van der Waals surface area contributed by atoms with Crippen LogP contribution in [-0.2, 0) is 4.74 Å². The Morgan fingerprint density at radius 1 is 1.62 bits per heavy atom. The number of halogens is 1. The van der Waals surface area contributed by atoms with E-state index in [1.807, 2.05) is 6.08 Å². The average molecular weight is 226 g/mol. The summed E-state index contributed by atoms with van der Waals surface area (Å²) in [5.74, 6) is 0. The number of hydrogen-bond acceptors (Lipinski definition) is 1. The molecule has 0 fully saturated rings. The van der Waals surface area contributed by atoms with E-state index in [4.69, 9.17) is 4.74 Å². The smallest absolute Gasteiger partial charge is 0.0784 e. The Morgan fingerprint density at radius 2 is 2.38 bits per heavy atom. The first-order valence-corrected chi connectivity index (χ1v) is 4.18. The monoisotopic (exact) mass is 226 g/mol. The van der Waals surface area contributed by atoms with Gasteiger partial charge in [-0.15, -0.1) is 0 Å². The zero-order valence-electron chi connectivity index (χ0n) is 5.06. The van der Waals surface area contributed by atoms with Crippen LogP contribution in [0.25, 0.3) is 0 Å². The normalized spacial score (nSPS) is 10.2. The van der Waals surface area contributed by atoms with Crippen LogP contribution in [0.15, 0.2) is 12.3 Å². The average Bonchev–Trinajstić information content (AvgIpc) is 1.81. The van der Waals surface area contributed by atoms with Gasteiger partial charge >= 0.3 is 0 Å². The molecule has 8 heavy (non-hydrogen) atoms. The minimum atomic E-state index is 1.14. The summed E-state index contributed by atoms with van der Waals surface area (Å²) in [7, 11) is 1.67. The summed E-state index contributed by atoms with van der Waals surface area (Å²) in [5.41, 5.74) is 0. The molecule has 0 bridgehead atoms. The van der Waals surface area contributed by atoms with E-state index >= 15 is 0 Å². The summed E-state index contributed by atoms with van der Waals surface area (Å²) in [5, 5.41) is 0. The van der Waals surface area contributed by atoms with Crippen molar-refractivity contribution in [2.24, 2.45) is 0 Å². The van der Waals surface area contributed by atoms with Crippen molar-refractivity contribution in [2.75, 3.05) is 11.5 Å². The van der Waals surface area contributed by atoms with Crippen LogP contribution in [0.2, 0.25) is 0 Å². The highest BCUT2D eigenvalue weighted by Gasteiger charge is 1.76. The number of alkyl halides is 1. The summed E-state index contributed by atoms with van der Waals surface area (Å²) in [6.45, 7) is 0. The van der Waals surface area contributed by atoms with Gasteiger partial charge in [0, 0.05) is 0 Å². The number of unbranched alkanes of at least 4 members (excludes halogenated alkanes) is 1. The second-order valence-electron chi connectivity index (χ2n) is 1.44. The second-order valence-corrected chi connectivity index (χ2v) is 2.52. The third kappa shape index (κ3) is 6.27. The predicted molar refractivity (Wildman–Crippen MR) is 44.3 cm³/mol. The van der Waals surface area contributed by atoms with Crippen molar-refractivity contribution in [3.05, 3.63) is 12.3 Å².